The second-order valence-corrected chi connectivity index (χ2v) is 7.09. The van der Waals surface area contributed by atoms with Crippen LogP contribution in [0, 0.1) is 0 Å². The molecule has 32 heavy (non-hydrogen) atoms. The standard InChI is InChI=1S/C25H17N5O2/c31-25(30-32)23-20-15-28-14-9-21(20)29-24(22(23)18-7-12-27-13-8-18)19-3-1-16(2-4-19)17-5-10-26-11-6-17/h1-15,32H,(H,30,31). The summed E-state index contributed by atoms with van der Waals surface area (Å²) in [5.74, 6) is -0.633. The number of hydroxylamine groups is 1. The normalized spacial score (nSPS) is 10.8. The predicted molar refractivity (Wildman–Crippen MR) is 121 cm³/mol. The third kappa shape index (κ3) is 3.46. The lowest BCUT2D eigenvalue weighted by Gasteiger charge is -2.16. The van der Waals surface area contributed by atoms with E-state index < -0.39 is 5.91 Å². The summed E-state index contributed by atoms with van der Waals surface area (Å²) < 4.78 is 0. The first-order chi connectivity index (χ1) is 15.8. The molecule has 0 fully saturated rings. The molecule has 0 spiro atoms. The third-order valence-corrected chi connectivity index (χ3v) is 5.26. The van der Waals surface area contributed by atoms with Crippen molar-refractivity contribution < 1.29 is 10.0 Å². The number of carbonyl (C=O) groups excluding carboxylic acids is 1. The van der Waals surface area contributed by atoms with Crippen molar-refractivity contribution >= 4 is 16.8 Å². The molecule has 7 nitrogen and oxygen atoms in total. The number of aromatic nitrogens is 4. The molecule has 0 unspecified atom stereocenters. The molecule has 154 valence electrons. The number of carbonyl (C=O) groups is 1. The minimum atomic E-state index is -0.633. The van der Waals surface area contributed by atoms with Crippen molar-refractivity contribution in [2.75, 3.05) is 0 Å². The Hall–Kier alpha value is -4.49. The molecule has 0 bridgehead atoms. The maximum Gasteiger partial charge on any atom is 0.276 e. The van der Waals surface area contributed by atoms with E-state index in [1.807, 2.05) is 48.5 Å². The van der Waals surface area contributed by atoms with E-state index in [1.54, 1.807) is 48.7 Å². The number of rotatable bonds is 4. The van der Waals surface area contributed by atoms with E-state index in [1.165, 1.54) is 0 Å². The lowest BCUT2D eigenvalue weighted by atomic mass is 9.92. The van der Waals surface area contributed by atoms with Gasteiger partial charge in [-0.3, -0.25) is 25.0 Å². The molecular weight excluding hydrogens is 402 g/mol. The van der Waals surface area contributed by atoms with Gasteiger partial charge in [0.15, 0.2) is 0 Å². The Bertz CT molecular complexity index is 1410. The lowest BCUT2D eigenvalue weighted by molar-refractivity contribution is 0.0709. The Labute approximate surface area is 183 Å². The minimum Gasteiger partial charge on any atom is -0.288 e. The van der Waals surface area contributed by atoms with Gasteiger partial charge in [0.05, 0.1) is 16.8 Å². The summed E-state index contributed by atoms with van der Waals surface area (Å²) in [7, 11) is 0. The maximum absolute atomic E-state index is 12.8. The molecule has 4 aromatic heterocycles. The van der Waals surface area contributed by atoms with E-state index in [9.17, 15) is 10.0 Å². The van der Waals surface area contributed by atoms with E-state index in [2.05, 4.69) is 15.0 Å². The third-order valence-electron chi connectivity index (χ3n) is 5.26. The molecule has 0 saturated heterocycles. The fourth-order valence-corrected chi connectivity index (χ4v) is 3.77. The van der Waals surface area contributed by atoms with E-state index in [4.69, 9.17) is 4.98 Å². The first-order valence-electron chi connectivity index (χ1n) is 9.89. The Balaban J connectivity index is 1.78. The van der Waals surface area contributed by atoms with Gasteiger partial charge in [-0.05, 0) is 47.0 Å². The van der Waals surface area contributed by atoms with Crippen molar-refractivity contribution in [1.29, 1.82) is 0 Å². The molecule has 0 aliphatic rings. The number of hydrogen-bond donors (Lipinski definition) is 2. The van der Waals surface area contributed by atoms with Gasteiger partial charge < -0.3 is 0 Å². The van der Waals surface area contributed by atoms with E-state index in [-0.39, 0.29) is 0 Å². The van der Waals surface area contributed by atoms with Crippen LogP contribution in [-0.2, 0) is 0 Å². The van der Waals surface area contributed by atoms with Gasteiger partial charge in [-0.2, -0.15) is 0 Å². The number of benzene rings is 1. The van der Waals surface area contributed by atoms with Gasteiger partial charge in [0.25, 0.3) is 5.91 Å². The van der Waals surface area contributed by atoms with Gasteiger partial charge in [0.1, 0.15) is 0 Å². The quantitative estimate of drug-likeness (QED) is 0.328. The maximum atomic E-state index is 12.8. The van der Waals surface area contributed by atoms with Gasteiger partial charge in [0.2, 0.25) is 0 Å². The van der Waals surface area contributed by atoms with Gasteiger partial charge in [-0.15, -0.1) is 0 Å². The second-order valence-electron chi connectivity index (χ2n) is 7.09. The fourth-order valence-electron chi connectivity index (χ4n) is 3.77. The Kier molecular flexibility index (Phi) is 5.07. The summed E-state index contributed by atoms with van der Waals surface area (Å²) in [5, 5.41) is 10.0. The zero-order chi connectivity index (χ0) is 21.9. The molecule has 0 saturated carbocycles. The van der Waals surface area contributed by atoms with Crippen molar-refractivity contribution in [3.8, 4) is 33.5 Å². The average molecular weight is 419 g/mol. The van der Waals surface area contributed by atoms with Crippen LogP contribution in [0.1, 0.15) is 10.4 Å². The number of nitrogens with one attached hydrogen (secondary N) is 1. The lowest BCUT2D eigenvalue weighted by Crippen LogP contribution is -2.20. The largest absolute Gasteiger partial charge is 0.288 e. The molecule has 5 aromatic rings. The Morgan fingerprint density at radius 2 is 1.25 bits per heavy atom. The highest BCUT2D eigenvalue weighted by Gasteiger charge is 2.23. The van der Waals surface area contributed by atoms with Crippen molar-refractivity contribution in [2.24, 2.45) is 0 Å². The molecular formula is C25H17N5O2. The van der Waals surface area contributed by atoms with E-state index in [0.717, 1.165) is 22.3 Å². The van der Waals surface area contributed by atoms with E-state index in [0.29, 0.717) is 27.7 Å². The number of pyridine rings is 4. The Morgan fingerprint density at radius 1 is 0.688 bits per heavy atom. The van der Waals surface area contributed by atoms with Crippen LogP contribution in [-0.4, -0.2) is 31.1 Å². The van der Waals surface area contributed by atoms with Crippen LogP contribution in [0.2, 0.25) is 0 Å². The molecule has 0 aliphatic heterocycles. The first kappa shape index (κ1) is 19.5. The van der Waals surface area contributed by atoms with Crippen LogP contribution in [0.25, 0.3) is 44.4 Å². The number of hydrogen-bond acceptors (Lipinski definition) is 6. The summed E-state index contributed by atoms with van der Waals surface area (Å²) in [5.41, 5.74) is 7.57. The van der Waals surface area contributed by atoms with Crippen LogP contribution >= 0.6 is 0 Å². The van der Waals surface area contributed by atoms with Crippen molar-refractivity contribution in [1.82, 2.24) is 25.4 Å². The topological polar surface area (TPSA) is 101 Å². The van der Waals surface area contributed by atoms with Gasteiger partial charge in [-0.25, -0.2) is 10.5 Å². The van der Waals surface area contributed by atoms with Crippen LogP contribution in [0.3, 0.4) is 0 Å². The molecule has 7 heteroatoms. The van der Waals surface area contributed by atoms with Crippen LogP contribution in [0.15, 0.2) is 91.8 Å². The van der Waals surface area contributed by atoms with Gasteiger partial charge in [-0.1, -0.05) is 24.3 Å². The molecule has 1 aromatic carbocycles. The zero-order valence-corrected chi connectivity index (χ0v) is 16.8. The predicted octanol–water partition coefficient (Wildman–Crippen LogP) is 4.54. The highest BCUT2D eigenvalue weighted by Crippen LogP contribution is 2.37. The highest BCUT2D eigenvalue weighted by atomic mass is 16.5. The molecule has 4 heterocycles. The molecule has 0 atom stereocenters. The van der Waals surface area contributed by atoms with Crippen molar-refractivity contribution in [3.63, 3.8) is 0 Å². The summed E-state index contributed by atoms with van der Waals surface area (Å²) >= 11 is 0. The fraction of sp³-hybridized carbons (Fsp3) is 0. The van der Waals surface area contributed by atoms with Crippen LogP contribution < -0.4 is 5.48 Å². The summed E-state index contributed by atoms with van der Waals surface area (Å²) in [4.78, 5) is 30.0. The summed E-state index contributed by atoms with van der Waals surface area (Å²) in [6.45, 7) is 0. The summed E-state index contributed by atoms with van der Waals surface area (Å²) in [6.07, 6.45) is 10.0. The summed E-state index contributed by atoms with van der Waals surface area (Å²) in [6, 6.07) is 17.2. The number of nitrogens with zero attached hydrogens (tertiary/aromatic N) is 4. The number of fused-ring (bicyclic) bond motifs is 1. The van der Waals surface area contributed by atoms with Gasteiger partial charge in [0, 0.05) is 53.7 Å². The smallest absolute Gasteiger partial charge is 0.276 e. The van der Waals surface area contributed by atoms with E-state index >= 15 is 0 Å². The van der Waals surface area contributed by atoms with Gasteiger partial charge >= 0.3 is 0 Å². The van der Waals surface area contributed by atoms with Crippen LogP contribution in [0.5, 0.6) is 0 Å². The number of amides is 1. The molecule has 0 aliphatic carbocycles. The minimum absolute atomic E-state index is 0.296. The molecule has 0 radical (unpaired) electrons. The van der Waals surface area contributed by atoms with Crippen LogP contribution in [0.4, 0.5) is 0 Å². The molecule has 5 rings (SSSR count). The molecule has 1 amide bonds. The highest BCUT2D eigenvalue weighted by molar-refractivity contribution is 6.13. The monoisotopic (exact) mass is 419 g/mol. The first-order valence-corrected chi connectivity index (χ1v) is 9.89. The molecule has 2 N–H and O–H groups in total. The second kappa shape index (κ2) is 8.33. The van der Waals surface area contributed by atoms with Crippen molar-refractivity contribution in [2.45, 2.75) is 0 Å². The average Bonchev–Trinajstić information content (AvgIpc) is 2.88. The van der Waals surface area contributed by atoms with Crippen molar-refractivity contribution in [3.05, 3.63) is 97.3 Å². The zero-order valence-electron chi connectivity index (χ0n) is 16.8. The Morgan fingerprint density at radius 3 is 1.91 bits per heavy atom. The SMILES string of the molecule is O=C(NO)c1c(-c2ccncc2)c(-c2ccc(-c3ccncc3)cc2)nc2ccncc12.